The van der Waals surface area contributed by atoms with Crippen LogP contribution in [0, 0.1) is 0 Å². The molecule has 0 atom stereocenters. The van der Waals surface area contributed by atoms with Crippen LogP contribution in [0.25, 0.3) is 0 Å². The zero-order valence-electron chi connectivity index (χ0n) is 15.5. The molecule has 0 saturated heterocycles. The van der Waals surface area contributed by atoms with Crippen LogP contribution in [0.2, 0.25) is 0 Å². The minimum atomic E-state index is -0.00339. The van der Waals surface area contributed by atoms with Crippen molar-refractivity contribution in [2.45, 2.75) is 19.9 Å². The lowest BCUT2D eigenvalue weighted by Crippen LogP contribution is -2.32. The standard InChI is InChI=1S/C23H24N2O2/c1-2-27-22-13-8-11-20(17-22)23(26)25(18-19-9-4-3-5-10-19)16-14-21-12-6-7-15-24-21/h3-13,15,17H,2,14,16,18H2,1H3. The van der Waals surface area contributed by atoms with Crippen LogP contribution in [0.5, 0.6) is 5.75 Å². The average Bonchev–Trinajstić information content (AvgIpc) is 2.72. The fourth-order valence-corrected chi connectivity index (χ4v) is 2.92. The van der Waals surface area contributed by atoms with Crippen LogP contribution in [0.15, 0.2) is 79.0 Å². The number of pyridine rings is 1. The van der Waals surface area contributed by atoms with Crippen LogP contribution in [0.1, 0.15) is 28.5 Å². The largest absolute Gasteiger partial charge is 0.494 e. The number of amides is 1. The van der Waals surface area contributed by atoms with Crippen LogP contribution in [-0.4, -0.2) is 28.9 Å². The van der Waals surface area contributed by atoms with Gasteiger partial charge in [0.25, 0.3) is 5.91 Å². The molecule has 4 heteroatoms. The third-order valence-corrected chi connectivity index (χ3v) is 4.26. The minimum Gasteiger partial charge on any atom is -0.494 e. The Labute approximate surface area is 160 Å². The van der Waals surface area contributed by atoms with E-state index in [4.69, 9.17) is 4.74 Å². The molecule has 138 valence electrons. The first-order chi connectivity index (χ1) is 13.3. The van der Waals surface area contributed by atoms with Gasteiger partial charge in [-0.2, -0.15) is 0 Å². The molecule has 3 rings (SSSR count). The van der Waals surface area contributed by atoms with Crippen LogP contribution >= 0.6 is 0 Å². The Hall–Kier alpha value is -3.14. The summed E-state index contributed by atoms with van der Waals surface area (Å²) in [5.74, 6) is 0.712. The van der Waals surface area contributed by atoms with E-state index in [1.54, 1.807) is 6.20 Å². The Kier molecular flexibility index (Phi) is 6.58. The summed E-state index contributed by atoms with van der Waals surface area (Å²) in [6.07, 6.45) is 2.49. The number of benzene rings is 2. The van der Waals surface area contributed by atoms with Crippen molar-refractivity contribution in [3.8, 4) is 5.75 Å². The second-order valence-corrected chi connectivity index (χ2v) is 6.24. The molecule has 0 N–H and O–H groups in total. The number of rotatable bonds is 8. The normalized spacial score (nSPS) is 10.4. The molecule has 27 heavy (non-hydrogen) atoms. The van der Waals surface area contributed by atoms with Gasteiger partial charge < -0.3 is 9.64 Å². The molecular weight excluding hydrogens is 336 g/mol. The lowest BCUT2D eigenvalue weighted by Gasteiger charge is -2.23. The lowest BCUT2D eigenvalue weighted by molar-refractivity contribution is 0.0744. The minimum absolute atomic E-state index is 0.00339. The predicted molar refractivity (Wildman–Crippen MR) is 107 cm³/mol. The molecule has 0 radical (unpaired) electrons. The fraction of sp³-hybridized carbons (Fsp3) is 0.217. The molecule has 0 aliphatic rings. The zero-order chi connectivity index (χ0) is 18.9. The maximum Gasteiger partial charge on any atom is 0.254 e. The van der Waals surface area contributed by atoms with Gasteiger partial charge in [-0.15, -0.1) is 0 Å². The fourth-order valence-electron chi connectivity index (χ4n) is 2.92. The predicted octanol–water partition coefficient (Wildman–Crippen LogP) is 4.37. The lowest BCUT2D eigenvalue weighted by atomic mass is 10.1. The monoisotopic (exact) mass is 360 g/mol. The van der Waals surface area contributed by atoms with Gasteiger partial charge in [0.15, 0.2) is 0 Å². The smallest absolute Gasteiger partial charge is 0.254 e. The topological polar surface area (TPSA) is 42.4 Å². The van der Waals surface area contributed by atoms with E-state index < -0.39 is 0 Å². The Bertz CT molecular complexity index is 851. The Balaban J connectivity index is 1.79. The van der Waals surface area contributed by atoms with Crippen molar-refractivity contribution in [1.82, 2.24) is 9.88 Å². The molecule has 0 aliphatic heterocycles. The van der Waals surface area contributed by atoms with Crippen molar-refractivity contribution in [2.24, 2.45) is 0 Å². The van der Waals surface area contributed by atoms with Crippen LogP contribution < -0.4 is 4.74 Å². The highest BCUT2D eigenvalue weighted by molar-refractivity contribution is 5.94. The SMILES string of the molecule is CCOc1cccc(C(=O)N(CCc2ccccn2)Cc2ccccc2)c1. The van der Waals surface area contributed by atoms with Crippen LogP contribution in [0.4, 0.5) is 0 Å². The van der Waals surface area contributed by atoms with Gasteiger partial charge in [-0.25, -0.2) is 0 Å². The second-order valence-electron chi connectivity index (χ2n) is 6.24. The van der Waals surface area contributed by atoms with E-state index in [2.05, 4.69) is 4.98 Å². The number of nitrogens with zero attached hydrogens (tertiary/aromatic N) is 2. The van der Waals surface area contributed by atoms with Gasteiger partial charge in [-0.1, -0.05) is 42.5 Å². The van der Waals surface area contributed by atoms with E-state index in [9.17, 15) is 4.79 Å². The zero-order valence-corrected chi connectivity index (χ0v) is 15.5. The molecule has 0 aliphatic carbocycles. The summed E-state index contributed by atoms with van der Waals surface area (Å²) in [6.45, 7) is 3.67. The third-order valence-electron chi connectivity index (χ3n) is 4.26. The number of carbonyl (C=O) groups excluding carboxylic acids is 1. The summed E-state index contributed by atoms with van der Waals surface area (Å²) in [7, 11) is 0. The number of hydrogen-bond acceptors (Lipinski definition) is 3. The highest BCUT2D eigenvalue weighted by Gasteiger charge is 2.17. The summed E-state index contributed by atoms with van der Waals surface area (Å²) in [4.78, 5) is 19.4. The second kappa shape index (κ2) is 9.53. The number of carbonyl (C=O) groups is 1. The number of hydrogen-bond donors (Lipinski definition) is 0. The van der Waals surface area contributed by atoms with Crippen LogP contribution in [0.3, 0.4) is 0 Å². The van der Waals surface area contributed by atoms with E-state index in [1.165, 1.54) is 0 Å². The summed E-state index contributed by atoms with van der Waals surface area (Å²) < 4.78 is 5.54. The highest BCUT2D eigenvalue weighted by atomic mass is 16.5. The molecule has 4 nitrogen and oxygen atoms in total. The van der Waals surface area contributed by atoms with Gasteiger partial charge in [0.2, 0.25) is 0 Å². The van der Waals surface area contributed by atoms with Crippen molar-refractivity contribution < 1.29 is 9.53 Å². The maximum absolute atomic E-state index is 13.2. The maximum atomic E-state index is 13.2. The molecule has 3 aromatic rings. The van der Waals surface area contributed by atoms with Gasteiger partial charge >= 0.3 is 0 Å². The molecule has 1 amide bonds. The van der Waals surface area contributed by atoms with E-state index >= 15 is 0 Å². The van der Waals surface area contributed by atoms with Crippen LogP contribution in [-0.2, 0) is 13.0 Å². The van der Waals surface area contributed by atoms with E-state index in [1.807, 2.05) is 84.6 Å². The first-order valence-electron chi connectivity index (χ1n) is 9.22. The molecule has 2 aromatic carbocycles. The number of aromatic nitrogens is 1. The van der Waals surface area contributed by atoms with Crippen molar-refractivity contribution >= 4 is 5.91 Å². The van der Waals surface area contributed by atoms with E-state index in [0.29, 0.717) is 37.4 Å². The summed E-state index contributed by atoms with van der Waals surface area (Å²) in [6, 6.07) is 23.3. The molecule has 1 aromatic heterocycles. The summed E-state index contributed by atoms with van der Waals surface area (Å²) >= 11 is 0. The third kappa shape index (κ3) is 5.42. The average molecular weight is 360 g/mol. The van der Waals surface area contributed by atoms with Gasteiger partial charge in [0.1, 0.15) is 5.75 Å². The van der Waals surface area contributed by atoms with Crippen molar-refractivity contribution in [1.29, 1.82) is 0 Å². The van der Waals surface area contributed by atoms with Gasteiger partial charge in [0, 0.05) is 37.0 Å². The molecular formula is C23H24N2O2. The molecule has 0 unspecified atom stereocenters. The van der Waals surface area contributed by atoms with E-state index in [-0.39, 0.29) is 5.91 Å². The molecule has 0 fully saturated rings. The van der Waals surface area contributed by atoms with Gasteiger partial charge in [0.05, 0.1) is 6.61 Å². The highest BCUT2D eigenvalue weighted by Crippen LogP contribution is 2.17. The van der Waals surface area contributed by atoms with Crippen molar-refractivity contribution in [3.05, 3.63) is 95.8 Å². The summed E-state index contributed by atoms with van der Waals surface area (Å²) in [5, 5.41) is 0. The Morgan fingerprint density at radius 2 is 1.81 bits per heavy atom. The molecule has 0 saturated carbocycles. The molecule has 1 heterocycles. The van der Waals surface area contributed by atoms with Gasteiger partial charge in [-0.05, 0) is 42.8 Å². The first kappa shape index (κ1) is 18.6. The van der Waals surface area contributed by atoms with Gasteiger partial charge in [-0.3, -0.25) is 9.78 Å². The molecule has 0 bridgehead atoms. The molecule has 0 spiro atoms. The summed E-state index contributed by atoms with van der Waals surface area (Å²) in [5.41, 5.74) is 2.72. The quantitative estimate of drug-likeness (QED) is 0.599. The first-order valence-corrected chi connectivity index (χ1v) is 9.22. The van der Waals surface area contributed by atoms with Crippen molar-refractivity contribution in [2.75, 3.05) is 13.2 Å². The Morgan fingerprint density at radius 1 is 1.00 bits per heavy atom. The van der Waals surface area contributed by atoms with E-state index in [0.717, 1.165) is 11.3 Å². The number of ether oxygens (including phenoxy) is 1. The van der Waals surface area contributed by atoms with Crippen molar-refractivity contribution in [3.63, 3.8) is 0 Å². The Morgan fingerprint density at radius 3 is 2.56 bits per heavy atom.